The molecular weight excluding hydrogens is 354 g/mol. The Kier molecular flexibility index (Phi) is 11.1. The van der Waals surface area contributed by atoms with E-state index in [0.29, 0.717) is 0 Å². The van der Waals surface area contributed by atoms with Crippen molar-refractivity contribution in [3.05, 3.63) is 37.4 Å². The second kappa shape index (κ2) is 11.5. The topological polar surface area (TPSA) is 132 Å². The molecule has 2 heterocycles. The van der Waals surface area contributed by atoms with Gasteiger partial charge in [-0.2, -0.15) is 26.3 Å². The molecule has 0 fully saturated rings. The van der Waals surface area contributed by atoms with Gasteiger partial charge >= 0.3 is 24.3 Å². The van der Waals surface area contributed by atoms with E-state index in [2.05, 4.69) is 19.9 Å². The Morgan fingerprint density at radius 2 is 1.00 bits per heavy atom. The molecule has 8 nitrogen and oxygen atoms in total. The third kappa shape index (κ3) is 17.0. The number of aromatic nitrogens is 4. The number of imidazole rings is 2. The monoisotopic (exact) mass is 364 g/mol. The van der Waals surface area contributed by atoms with Crippen molar-refractivity contribution in [2.75, 3.05) is 0 Å². The van der Waals surface area contributed by atoms with Crippen molar-refractivity contribution in [1.29, 1.82) is 0 Å². The molecule has 136 valence electrons. The zero-order chi connectivity index (χ0) is 19.2. The van der Waals surface area contributed by atoms with Gasteiger partial charge in [-0.3, -0.25) is 0 Å². The lowest BCUT2D eigenvalue weighted by atomic mass is 10.7. The van der Waals surface area contributed by atoms with E-state index in [1.807, 2.05) is 0 Å². The van der Waals surface area contributed by atoms with Crippen molar-refractivity contribution >= 4 is 11.9 Å². The summed E-state index contributed by atoms with van der Waals surface area (Å²) in [5.41, 5.74) is 0. The van der Waals surface area contributed by atoms with Gasteiger partial charge in [-0.15, -0.1) is 0 Å². The summed E-state index contributed by atoms with van der Waals surface area (Å²) in [4.78, 5) is 30.6. The van der Waals surface area contributed by atoms with Crippen LogP contribution in [0.2, 0.25) is 0 Å². The van der Waals surface area contributed by atoms with E-state index in [1.165, 1.54) is 0 Å². The summed E-state index contributed by atoms with van der Waals surface area (Å²) in [7, 11) is 0. The standard InChI is InChI=1S/2C3H4N2.2C2HF3O2/c2*1-2-5-3-4-1;2*3-2(4,5)1(6)7/h2*1-3H,(H,4,5);2*(H,6,7). The van der Waals surface area contributed by atoms with Crippen molar-refractivity contribution in [1.82, 2.24) is 19.9 Å². The van der Waals surface area contributed by atoms with Crippen molar-refractivity contribution < 1.29 is 46.1 Å². The fraction of sp³-hybridized carbons (Fsp3) is 0.200. The van der Waals surface area contributed by atoms with Gasteiger partial charge in [0.2, 0.25) is 0 Å². The van der Waals surface area contributed by atoms with Crippen LogP contribution < -0.4 is 0 Å². The van der Waals surface area contributed by atoms with Gasteiger partial charge in [0.05, 0.1) is 12.7 Å². The second-order valence-corrected chi connectivity index (χ2v) is 3.13. The first-order chi connectivity index (χ1) is 10.9. The molecule has 0 saturated heterocycles. The van der Waals surface area contributed by atoms with Gasteiger partial charge in [0, 0.05) is 24.8 Å². The maximum absolute atomic E-state index is 10.6. The van der Waals surface area contributed by atoms with Gasteiger partial charge < -0.3 is 20.2 Å². The number of halogens is 6. The van der Waals surface area contributed by atoms with Crippen LogP contribution in [0.5, 0.6) is 0 Å². The number of nitrogens with one attached hydrogen (secondary N) is 2. The number of hydrogen-bond donors (Lipinski definition) is 4. The first kappa shape index (κ1) is 23.2. The van der Waals surface area contributed by atoms with Gasteiger partial charge in [-0.25, -0.2) is 19.6 Å². The van der Waals surface area contributed by atoms with Crippen LogP contribution >= 0.6 is 0 Å². The number of aromatic amines is 2. The molecule has 0 radical (unpaired) electrons. The maximum Gasteiger partial charge on any atom is 0.490 e. The number of nitrogens with zero attached hydrogens (tertiary/aromatic N) is 2. The number of hydrogen-bond acceptors (Lipinski definition) is 4. The fourth-order valence-electron chi connectivity index (χ4n) is 0.430. The zero-order valence-electron chi connectivity index (χ0n) is 11.3. The third-order valence-corrected chi connectivity index (χ3v) is 1.30. The first-order valence-electron chi connectivity index (χ1n) is 5.34. The van der Waals surface area contributed by atoms with E-state index < -0.39 is 24.3 Å². The van der Waals surface area contributed by atoms with Gasteiger partial charge in [0.25, 0.3) is 0 Å². The lowest BCUT2D eigenvalue weighted by Gasteiger charge is -1.93. The molecule has 0 unspecified atom stereocenters. The molecule has 14 heteroatoms. The number of carboxylic acids is 2. The largest absolute Gasteiger partial charge is 0.490 e. The second-order valence-electron chi connectivity index (χ2n) is 3.13. The number of H-pyrrole nitrogens is 2. The van der Waals surface area contributed by atoms with Gasteiger partial charge in [-0.05, 0) is 0 Å². The highest BCUT2D eigenvalue weighted by molar-refractivity contribution is 5.73. The van der Waals surface area contributed by atoms with Gasteiger partial charge in [0.1, 0.15) is 0 Å². The molecule has 2 rings (SSSR count). The van der Waals surface area contributed by atoms with Crippen molar-refractivity contribution in [2.45, 2.75) is 12.4 Å². The Bertz CT molecular complexity index is 454. The molecule has 0 aliphatic rings. The van der Waals surface area contributed by atoms with E-state index in [9.17, 15) is 26.3 Å². The number of rotatable bonds is 0. The highest BCUT2D eigenvalue weighted by Crippen LogP contribution is 2.13. The van der Waals surface area contributed by atoms with Crippen molar-refractivity contribution in [2.24, 2.45) is 0 Å². The van der Waals surface area contributed by atoms with Crippen molar-refractivity contribution in [3.63, 3.8) is 0 Å². The maximum atomic E-state index is 10.6. The third-order valence-electron chi connectivity index (χ3n) is 1.30. The number of carboxylic acid groups (broad SMARTS) is 2. The highest BCUT2D eigenvalue weighted by Gasteiger charge is 2.38. The lowest BCUT2D eigenvalue weighted by molar-refractivity contribution is -0.193. The van der Waals surface area contributed by atoms with E-state index in [0.717, 1.165) is 0 Å². The molecule has 4 N–H and O–H groups in total. The van der Waals surface area contributed by atoms with Gasteiger partial charge in [-0.1, -0.05) is 0 Å². The summed E-state index contributed by atoms with van der Waals surface area (Å²) < 4.78 is 63.5. The summed E-state index contributed by atoms with van der Waals surface area (Å²) >= 11 is 0. The molecule has 2 aromatic heterocycles. The summed E-state index contributed by atoms with van der Waals surface area (Å²) in [5, 5.41) is 14.2. The van der Waals surface area contributed by atoms with Gasteiger partial charge in [0.15, 0.2) is 0 Å². The van der Waals surface area contributed by atoms with E-state index >= 15 is 0 Å². The van der Waals surface area contributed by atoms with E-state index in [4.69, 9.17) is 19.8 Å². The van der Waals surface area contributed by atoms with Crippen LogP contribution in [-0.4, -0.2) is 54.4 Å². The van der Waals surface area contributed by atoms with E-state index in [1.54, 1.807) is 37.4 Å². The Labute approximate surface area is 129 Å². The predicted octanol–water partition coefficient (Wildman–Crippen LogP) is 2.09. The Balaban J connectivity index is 0. The molecule has 24 heavy (non-hydrogen) atoms. The van der Waals surface area contributed by atoms with Crippen LogP contribution in [-0.2, 0) is 9.59 Å². The average Bonchev–Trinajstić information content (AvgIpc) is 3.16. The molecule has 0 spiro atoms. The predicted molar refractivity (Wildman–Crippen MR) is 64.6 cm³/mol. The van der Waals surface area contributed by atoms with Crippen LogP contribution in [0.1, 0.15) is 0 Å². The molecule has 0 saturated carbocycles. The molecule has 0 aliphatic heterocycles. The first-order valence-corrected chi connectivity index (χ1v) is 5.34. The minimum Gasteiger partial charge on any atom is -0.475 e. The average molecular weight is 364 g/mol. The number of alkyl halides is 6. The normalized spacial score (nSPS) is 9.92. The molecule has 0 aliphatic carbocycles. The van der Waals surface area contributed by atoms with Crippen LogP contribution in [0.4, 0.5) is 26.3 Å². The summed E-state index contributed by atoms with van der Waals surface area (Å²) in [6, 6.07) is 0. The van der Waals surface area contributed by atoms with E-state index in [-0.39, 0.29) is 0 Å². The quantitative estimate of drug-likeness (QED) is 0.529. The van der Waals surface area contributed by atoms with Crippen LogP contribution in [0.3, 0.4) is 0 Å². The lowest BCUT2D eigenvalue weighted by Crippen LogP contribution is -2.21. The molecular formula is C10H10F6N4O4. The zero-order valence-corrected chi connectivity index (χ0v) is 11.3. The minimum absolute atomic E-state index is 1.62. The van der Waals surface area contributed by atoms with Crippen LogP contribution in [0.15, 0.2) is 37.4 Å². The molecule has 2 aromatic rings. The molecule has 0 bridgehead atoms. The fourth-order valence-corrected chi connectivity index (χ4v) is 0.430. The number of carbonyl (C=O) groups is 2. The summed E-state index contributed by atoms with van der Waals surface area (Å²) in [5.74, 6) is -5.51. The molecule has 0 aromatic carbocycles. The smallest absolute Gasteiger partial charge is 0.475 e. The van der Waals surface area contributed by atoms with Crippen LogP contribution in [0, 0.1) is 0 Å². The number of aliphatic carboxylic acids is 2. The minimum atomic E-state index is -5.08. The van der Waals surface area contributed by atoms with Crippen molar-refractivity contribution in [3.8, 4) is 0 Å². The Morgan fingerprint density at radius 3 is 1.04 bits per heavy atom. The molecule has 0 atom stereocenters. The Morgan fingerprint density at radius 1 is 0.750 bits per heavy atom. The SMILES string of the molecule is O=C(O)C(F)(F)F.O=C(O)C(F)(F)F.c1c[nH]cn1.c1c[nH]cn1. The Hall–Kier alpha value is -3.06. The summed E-state index contributed by atoms with van der Waals surface area (Å²) in [6.45, 7) is 0. The van der Waals surface area contributed by atoms with Crippen LogP contribution in [0.25, 0.3) is 0 Å². The highest BCUT2D eigenvalue weighted by atomic mass is 19.4. The summed E-state index contributed by atoms with van der Waals surface area (Å²) in [6.07, 6.45) is -0.000000000000000444. The molecule has 0 amide bonds.